The molecule has 3 nitrogen and oxygen atoms in total. The summed E-state index contributed by atoms with van der Waals surface area (Å²) in [5, 5.41) is 0. The molecule has 0 unspecified atom stereocenters. The molecule has 0 N–H and O–H groups in total. The second-order valence-corrected chi connectivity index (χ2v) is 6.38. The molecule has 0 amide bonds. The van der Waals surface area contributed by atoms with Crippen LogP contribution in [0.2, 0.25) is 0 Å². The lowest BCUT2D eigenvalue weighted by atomic mass is 9.94. The van der Waals surface area contributed by atoms with Gasteiger partial charge in [0.25, 0.3) is 0 Å². The Morgan fingerprint density at radius 1 is 1.09 bits per heavy atom. The van der Waals surface area contributed by atoms with E-state index in [4.69, 9.17) is 4.74 Å². The number of nitrogens with zero attached hydrogens (tertiary/aromatic N) is 2. The molecule has 0 radical (unpaired) electrons. The van der Waals surface area contributed by atoms with Gasteiger partial charge >= 0.3 is 0 Å². The molecule has 0 atom stereocenters. The van der Waals surface area contributed by atoms with Crippen LogP contribution in [0.4, 0.5) is 10.1 Å². The second-order valence-electron chi connectivity index (χ2n) is 6.38. The first kappa shape index (κ1) is 18.2. The van der Waals surface area contributed by atoms with E-state index in [0.29, 0.717) is 0 Å². The highest BCUT2D eigenvalue weighted by Crippen LogP contribution is 2.30. The molecule has 2 aliphatic heterocycles. The second kappa shape index (κ2) is 8.65. The van der Waals surface area contributed by atoms with Crippen LogP contribution in [0.25, 0.3) is 0 Å². The van der Waals surface area contributed by atoms with Gasteiger partial charge in [0.2, 0.25) is 0 Å². The molecule has 2 heterocycles. The summed E-state index contributed by atoms with van der Waals surface area (Å²) in [4.78, 5) is 4.63. The van der Waals surface area contributed by atoms with Crippen LogP contribution in [0.15, 0.2) is 12.1 Å². The van der Waals surface area contributed by atoms with E-state index in [2.05, 4.69) is 29.7 Å². The Morgan fingerprint density at radius 2 is 1.74 bits per heavy atom. The molecule has 1 aromatic carbocycles. The van der Waals surface area contributed by atoms with Crippen LogP contribution in [-0.2, 0) is 11.3 Å². The molecule has 0 aliphatic carbocycles. The smallest absolute Gasteiger partial charge is 0.129 e. The fourth-order valence-electron chi connectivity index (χ4n) is 3.22. The third kappa shape index (κ3) is 4.45. The number of rotatable bonds is 4. The van der Waals surface area contributed by atoms with E-state index >= 15 is 0 Å². The molecule has 2 fully saturated rings. The van der Waals surface area contributed by atoms with Gasteiger partial charge in [-0.05, 0) is 48.7 Å². The number of morpholine rings is 1. The van der Waals surface area contributed by atoms with Crippen molar-refractivity contribution < 1.29 is 9.13 Å². The number of ether oxygens (including phenoxy) is 1. The number of hydrogen-bond acceptors (Lipinski definition) is 3. The molecule has 2 aliphatic rings. The predicted octanol–water partition coefficient (Wildman–Crippen LogP) is 4.02. The summed E-state index contributed by atoms with van der Waals surface area (Å²) in [7, 11) is 0. The van der Waals surface area contributed by atoms with Crippen molar-refractivity contribution >= 4 is 5.69 Å². The summed E-state index contributed by atoms with van der Waals surface area (Å²) in [6.07, 6.45) is 1.27. The lowest BCUT2D eigenvalue weighted by Crippen LogP contribution is -2.38. The number of benzene rings is 1. The third-order valence-corrected chi connectivity index (χ3v) is 4.50. The summed E-state index contributed by atoms with van der Waals surface area (Å²) in [5.74, 6) is 0.171. The van der Waals surface area contributed by atoms with Crippen LogP contribution in [0, 0.1) is 5.82 Å². The number of halogens is 1. The van der Waals surface area contributed by atoms with Crippen LogP contribution >= 0.6 is 0 Å². The van der Waals surface area contributed by atoms with Gasteiger partial charge in [0.05, 0.1) is 13.2 Å². The summed E-state index contributed by atoms with van der Waals surface area (Å²) >= 11 is 0. The third-order valence-electron chi connectivity index (χ3n) is 4.50. The van der Waals surface area contributed by atoms with E-state index < -0.39 is 0 Å². The first-order valence-electron chi connectivity index (χ1n) is 9.02. The zero-order valence-electron chi connectivity index (χ0n) is 15.1. The van der Waals surface area contributed by atoms with Gasteiger partial charge in [0.1, 0.15) is 5.82 Å². The minimum absolute atomic E-state index is 0.0514. The monoisotopic (exact) mass is 322 g/mol. The van der Waals surface area contributed by atoms with E-state index in [-0.39, 0.29) is 11.7 Å². The summed E-state index contributed by atoms with van der Waals surface area (Å²) in [6.45, 7) is 14.5. The van der Waals surface area contributed by atoms with Crippen LogP contribution < -0.4 is 4.90 Å². The largest absolute Gasteiger partial charge is 0.378 e. The molecule has 0 bridgehead atoms. The quantitative estimate of drug-likeness (QED) is 0.833. The van der Waals surface area contributed by atoms with E-state index in [0.717, 1.165) is 62.8 Å². The van der Waals surface area contributed by atoms with Crippen molar-refractivity contribution in [2.75, 3.05) is 44.3 Å². The molecule has 3 rings (SSSR count). The SMILES string of the molecule is CC.CC(C)c1c(F)cc(N2CCOCC2)cc1CN1CCC1. The van der Waals surface area contributed by atoms with Crippen molar-refractivity contribution in [3.8, 4) is 0 Å². The van der Waals surface area contributed by atoms with Gasteiger partial charge in [-0.15, -0.1) is 0 Å². The van der Waals surface area contributed by atoms with Crippen LogP contribution in [0.5, 0.6) is 0 Å². The molecular weight excluding hydrogens is 291 g/mol. The fourth-order valence-corrected chi connectivity index (χ4v) is 3.22. The molecule has 1 aromatic rings. The zero-order valence-corrected chi connectivity index (χ0v) is 15.1. The Labute approximate surface area is 140 Å². The number of hydrogen-bond donors (Lipinski definition) is 0. The maximum atomic E-state index is 14.6. The molecule has 0 spiro atoms. The van der Waals surface area contributed by atoms with Gasteiger partial charge < -0.3 is 9.64 Å². The number of anilines is 1. The first-order chi connectivity index (χ1) is 11.1. The highest BCUT2D eigenvalue weighted by atomic mass is 19.1. The average Bonchev–Trinajstić information content (AvgIpc) is 2.53. The first-order valence-corrected chi connectivity index (χ1v) is 9.02. The van der Waals surface area contributed by atoms with Crippen molar-refractivity contribution in [1.82, 2.24) is 4.90 Å². The maximum absolute atomic E-state index is 14.6. The molecule has 0 saturated carbocycles. The van der Waals surface area contributed by atoms with Crippen molar-refractivity contribution in [1.29, 1.82) is 0 Å². The molecule has 0 aromatic heterocycles. The van der Waals surface area contributed by atoms with Crippen molar-refractivity contribution in [3.63, 3.8) is 0 Å². The van der Waals surface area contributed by atoms with Gasteiger partial charge in [-0.1, -0.05) is 27.7 Å². The highest BCUT2D eigenvalue weighted by molar-refractivity contribution is 5.53. The fraction of sp³-hybridized carbons (Fsp3) is 0.684. The minimum atomic E-state index is -0.0514. The van der Waals surface area contributed by atoms with E-state index in [9.17, 15) is 4.39 Å². The van der Waals surface area contributed by atoms with Crippen molar-refractivity contribution in [2.45, 2.75) is 46.6 Å². The van der Waals surface area contributed by atoms with Crippen LogP contribution in [0.1, 0.15) is 51.2 Å². The predicted molar refractivity (Wildman–Crippen MR) is 94.8 cm³/mol. The highest BCUT2D eigenvalue weighted by Gasteiger charge is 2.21. The summed E-state index contributed by atoms with van der Waals surface area (Å²) < 4.78 is 20.0. The normalized spacial score (nSPS) is 18.4. The molecule has 4 heteroatoms. The van der Waals surface area contributed by atoms with Gasteiger partial charge in [-0.25, -0.2) is 4.39 Å². The van der Waals surface area contributed by atoms with Crippen LogP contribution in [-0.4, -0.2) is 44.3 Å². The topological polar surface area (TPSA) is 15.7 Å². The molecule has 2 saturated heterocycles. The lowest BCUT2D eigenvalue weighted by molar-refractivity contribution is 0.122. The summed E-state index contributed by atoms with van der Waals surface area (Å²) in [6, 6.07) is 3.91. The van der Waals surface area contributed by atoms with Crippen LogP contribution in [0.3, 0.4) is 0 Å². The Kier molecular flexibility index (Phi) is 6.85. The van der Waals surface area contributed by atoms with Gasteiger partial charge in [-0.3, -0.25) is 4.90 Å². The van der Waals surface area contributed by atoms with Gasteiger partial charge in [-0.2, -0.15) is 0 Å². The van der Waals surface area contributed by atoms with Crippen molar-refractivity contribution in [3.05, 3.63) is 29.1 Å². The van der Waals surface area contributed by atoms with E-state index in [1.165, 1.54) is 6.42 Å². The zero-order chi connectivity index (χ0) is 16.8. The van der Waals surface area contributed by atoms with E-state index in [1.807, 2.05) is 13.8 Å². The molecular formula is C19H31FN2O. The Balaban J connectivity index is 0.000000924. The lowest BCUT2D eigenvalue weighted by Gasteiger charge is -2.33. The van der Waals surface area contributed by atoms with Gasteiger partial charge in [0.15, 0.2) is 0 Å². The Hall–Kier alpha value is -1.13. The van der Waals surface area contributed by atoms with Gasteiger partial charge in [0, 0.05) is 25.3 Å². The Bertz CT molecular complexity index is 494. The minimum Gasteiger partial charge on any atom is -0.378 e. The van der Waals surface area contributed by atoms with E-state index in [1.54, 1.807) is 6.07 Å². The maximum Gasteiger partial charge on any atom is 0.129 e. The molecule has 130 valence electrons. The number of likely N-dealkylation sites (tertiary alicyclic amines) is 1. The van der Waals surface area contributed by atoms with Crippen molar-refractivity contribution in [2.24, 2.45) is 0 Å². The Morgan fingerprint density at radius 3 is 2.26 bits per heavy atom. The molecule has 23 heavy (non-hydrogen) atoms. The summed E-state index contributed by atoms with van der Waals surface area (Å²) in [5.41, 5.74) is 3.06. The standard InChI is InChI=1S/C17H25FN2O.C2H6/c1-13(2)17-14(12-19-4-3-5-19)10-15(11-16(17)18)20-6-8-21-9-7-20;1-2/h10-11,13H,3-9,12H2,1-2H3;1-2H3. The average molecular weight is 322 g/mol.